The fourth-order valence-electron chi connectivity index (χ4n) is 2.24. The SMILES string of the molecule is Cc1cc(C)c2nc(SCc3cccc(N)n3)[nH]c2c1. The minimum absolute atomic E-state index is 0.555. The van der Waals surface area contributed by atoms with Crippen molar-refractivity contribution < 1.29 is 0 Å². The number of nitrogen functional groups attached to an aromatic ring is 1. The van der Waals surface area contributed by atoms with Crippen LogP contribution in [0.1, 0.15) is 16.8 Å². The van der Waals surface area contributed by atoms with E-state index in [4.69, 9.17) is 5.73 Å². The number of nitrogens with two attached hydrogens (primary N) is 1. The lowest BCUT2D eigenvalue weighted by Gasteiger charge is -1.99. The summed E-state index contributed by atoms with van der Waals surface area (Å²) in [6.45, 7) is 4.18. The number of hydrogen-bond donors (Lipinski definition) is 2. The monoisotopic (exact) mass is 284 g/mol. The van der Waals surface area contributed by atoms with Gasteiger partial charge in [0.2, 0.25) is 0 Å². The van der Waals surface area contributed by atoms with E-state index in [-0.39, 0.29) is 0 Å². The normalized spacial score (nSPS) is 11.1. The van der Waals surface area contributed by atoms with Crippen LogP contribution in [-0.4, -0.2) is 15.0 Å². The Balaban J connectivity index is 1.83. The zero-order valence-electron chi connectivity index (χ0n) is 11.5. The fraction of sp³-hybridized carbons (Fsp3) is 0.200. The second-order valence-electron chi connectivity index (χ2n) is 4.86. The molecule has 0 saturated heterocycles. The van der Waals surface area contributed by atoms with Crippen LogP contribution in [0, 0.1) is 13.8 Å². The van der Waals surface area contributed by atoms with E-state index in [0.717, 1.165) is 27.6 Å². The third kappa shape index (κ3) is 2.63. The van der Waals surface area contributed by atoms with Crippen molar-refractivity contribution in [2.24, 2.45) is 0 Å². The number of H-pyrrole nitrogens is 1. The Kier molecular flexibility index (Phi) is 3.36. The van der Waals surface area contributed by atoms with E-state index in [1.54, 1.807) is 17.8 Å². The number of aryl methyl sites for hydroxylation is 2. The van der Waals surface area contributed by atoms with Gasteiger partial charge in [-0.1, -0.05) is 23.9 Å². The Bertz CT molecular complexity index is 764. The van der Waals surface area contributed by atoms with Crippen LogP contribution < -0.4 is 5.73 Å². The van der Waals surface area contributed by atoms with Crippen LogP contribution in [0.5, 0.6) is 0 Å². The molecule has 0 amide bonds. The molecule has 0 bridgehead atoms. The number of benzene rings is 1. The molecule has 0 radical (unpaired) electrons. The van der Waals surface area contributed by atoms with E-state index >= 15 is 0 Å². The Morgan fingerprint density at radius 2 is 2.05 bits per heavy atom. The number of anilines is 1. The van der Waals surface area contributed by atoms with Gasteiger partial charge in [0.25, 0.3) is 0 Å². The second kappa shape index (κ2) is 5.17. The quantitative estimate of drug-likeness (QED) is 0.723. The average molecular weight is 284 g/mol. The molecule has 0 atom stereocenters. The molecule has 2 heterocycles. The van der Waals surface area contributed by atoms with E-state index in [2.05, 4.69) is 40.9 Å². The molecule has 102 valence electrons. The molecule has 5 heteroatoms. The number of thioether (sulfide) groups is 1. The first kappa shape index (κ1) is 13.0. The average Bonchev–Trinajstić information content (AvgIpc) is 2.80. The second-order valence-corrected chi connectivity index (χ2v) is 5.83. The van der Waals surface area contributed by atoms with Crippen molar-refractivity contribution in [1.29, 1.82) is 0 Å². The molecule has 3 rings (SSSR count). The van der Waals surface area contributed by atoms with E-state index in [1.807, 2.05) is 12.1 Å². The fourth-order valence-corrected chi connectivity index (χ4v) is 3.02. The first-order valence-corrected chi connectivity index (χ1v) is 7.41. The summed E-state index contributed by atoms with van der Waals surface area (Å²) in [5.41, 5.74) is 11.2. The summed E-state index contributed by atoms with van der Waals surface area (Å²) >= 11 is 1.64. The van der Waals surface area contributed by atoms with Gasteiger partial charge in [-0.25, -0.2) is 9.97 Å². The van der Waals surface area contributed by atoms with Crippen LogP contribution in [0.15, 0.2) is 35.5 Å². The Morgan fingerprint density at radius 3 is 2.85 bits per heavy atom. The number of rotatable bonds is 3. The van der Waals surface area contributed by atoms with Crippen molar-refractivity contribution in [1.82, 2.24) is 15.0 Å². The lowest BCUT2D eigenvalue weighted by molar-refractivity contribution is 1.07. The maximum absolute atomic E-state index is 5.68. The lowest BCUT2D eigenvalue weighted by atomic mass is 10.1. The van der Waals surface area contributed by atoms with E-state index < -0.39 is 0 Å². The van der Waals surface area contributed by atoms with Gasteiger partial charge in [0.1, 0.15) is 5.82 Å². The highest BCUT2D eigenvalue weighted by molar-refractivity contribution is 7.98. The largest absolute Gasteiger partial charge is 0.384 e. The number of fused-ring (bicyclic) bond motifs is 1. The number of imidazole rings is 1. The molecule has 2 aromatic heterocycles. The van der Waals surface area contributed by atoms with Gasteiger partial charge in [0.05, 0.1) is 16.7 Å². The minimum atomic E-state index is 0.555. The van der Waals surface area contributed by atoms with Gasteiger partial charge in [0, 0.05) is 5.75 Å². The van der Waals surface area contributed by atoms with Crippen molar-refractivity contribution in [3.8, 4) is 0 Å². The summed E-state index contributed by atoms with van der Waals surface area (Å²) in [7, 11) is 0. The number of aromatic amines is 1. The maximum Gasteiger partial charge on any atom is 0.166 e. The maximum atomic E-state index is 5.68. The van der Waals surface area contributed by atoms with Crippen molar-refractivity contribution in [3.05, 3.63) is 47.2 Å². The van der Waals surface area contributed by atoms with Crippen molar-refractivity contribution in [2.75, 3.05) is 5.73 Å². The van der Waals surface area contributed by atoms with Crippen LogP contribution >= 0.6 is 11.8 Å². The summed E-state index contributed by atoms with van der Waals surface area (Å²) in [5, 5.41) is 0.915. The highest BCUT2D eigenvalue weighted by Gasteiger charge is 2.07. The number of nitrogens with one attached hydrogen (secondary N) is 1. The topological polar surface area (TPSA) is 67.6 Å². The van der Waals surface area contributed by atoms with Crippen molar-refractivity contribution >= 4 is 28.6 Å². The van der Waals surface area contributed by atoms with Gasteiger partial charge in [-0.05, 0) is 43.2 Å². The molecule has 0 spiro atoms. The predicted molar refractivity (Wildman–Crippen MR) is 83.8 cm³/mol. The van der Waals surface area contributed by atoms with Crippen LogP contribution in [0.3, 0.4) is 0 Å². The van der Waals surface area contributed by atoms with Crippen molar-refractivity contribution in [2.45, 2.75) is 24.8 Å². The number of pyridine rings is 1. The molecular formula is C15H16N4S. The number of hydrogen-bond acceptors (Lipinski definition) is 4. The molecular weight excluding hydrogens is 268 g/mol. The molecule has 3 aromatic rings. The number of aromatic nitrogens is 3. The summed E-state index contributed by atoms with van der Waals surface area (Å²) in [4.78, 5) is 12.3. The standard InChI is InChI=1S/C15H16N4S/c1-9-6-10(2)14-12(7-9)18-15(19-14)20-8-11-4-3-5-13(16)17-11/h3-7H,8H2,1-2H3,(H2,16,17)(H,18,19). The highest BCUT2D eigenvalue weighted by atomic mass is 32.2. The Hall–Kier alpha value is -2.01. The third-order valence-electron chi connectivity index (χ3n) is 3.08. The van der Waals surface area contributed by atoms with Gasteiger partial charge in [-0.15, -0.1) is 0 Å². The molecule has 0 unspecified atom stereocenters. The smallest absolute Gasteiger partial charge is 0.166 e. The minimum Gasteiger partial charge on any atom is -0.384 e. The van der Waals surface area contributed by atoms with Gasteiger partial charge in [-0.2, -0.15) is 0 Å². The Labute approximate surface area is 121 Å². The molecule has 4 nitrogen and oxygen atoms in total. The van der Waals surface area contributed by atoms with Gasteiger partial charge in [0.15, 0.2) is 5.16 Å². The Morgan fingerprint density at radius 1 is 1.20 bits per heavy atom. The molecule has 3 N–H and O–H groups in total. The predicted octanol–water partition coefficient (Wildman–Crippen LogP) is 3.45. The molecule has 20 heavy (non-hydrogen) atoms. The molecule has 0 aliphatic rings. The van der Waals surface area contributed by atoms with E-state index in [0.29, 0.717) is 5.82 Å². The molecule has 0 aliphatic carbocycles. The molecule has 0 saturated carbocycles. The van der Waals surface area contributed by atoms with Gasteiger partial charge < -0.3 is 10.7 Å². The van der Waals surface area contributed by atoms with E-state index in [9.17, 15) is 0 Å². The number of nitrogens with zero attached hydrogens (tertiary/aromatic N) is 2. The zero-order valence-corrected chi connectivity index (χ0v) is 12.3. The van der Waals surface area contributed by atoms with Crippen LogP contribution in [0.4, 0.5) is 5.82 Å². The van der Waals surface area contributed by atoms with Crippen LogP contribution in [0.2, 0.25) is 0 Å². The highest BCUT2D eigenvalue weighted by Crippen LogP contribution is 2.25. The summed E-state index contributed by atoms with van der Waals surface area (Å²) in [5.74, 6) is 1.31. The lowest BCUT2D eigenvalue weighted by Crippen LogP contribution is -1.93. The first-order valence-electron chi connectivity index (χ1n) is 6.43. The van der Waals surface area contributed by atoms with Crippen molar-refractivity contribution in [3.63, 3.8) is 0 Å². The zero-order chi connectivity index (χ0) is 14.1. The van der Waals surface area contributed by atoms with E-state index in [1.165, 1.54) is 11.1 Å². The first-order chi connectivity index (χ1) is 9.61. The molecule has 1 aromatic carbocycles. The van der Waals surface area contributed by atoms with Crippen LogP contribution in [-0.2, 0) is 5.75 Å². The summed E-state index contributed by atoms with van der Waals surface area (Å²) in [6.07, 6.45) is 0. The van der Waals surface area contributed by atoms with Gasteiger partial charge >= 0.3 is 0 Å². The van der Waals surface area contributed by atoms with Gasteiger partial charge in [-0.3, -0.25) is 0 Å². The third-order valence-corrected chi connectivity index (χ3v) is 3.99. The summed E-state index contributed by atoms with van der Waals surface area (Å²) < 4.78 is 0. The summed E-state index contributed by atoms with van der Waals surface area (Å²) in [6, 6.07) is 9.96. The molecule has 0 aliphatic heterocycles. The molecule has 0 fully saturated rings. The van der Waals surface area contributed by atoms with Crippen LogP contribution in [0.25, 0.3) is 11.0 Å².